The molecule has 0 bridgehead atoms. The van der Waals surface area contributed by atoms with Crippen LogP contribution >= 0.6 is 11.6 Å². The first kappa shape index (κ1) is 22.2. The molecule has 32 heavy (non-hydrogen) atoms. The number of hydrogen-bond acceptors (Lipinski definition) is 7. The van der Waals surface area contributed by atoms with E-state index in [-0.39, 0.29) is 40.4 Å². The fourth-order valence-corrected chi connectivity index (χ4v) is 4.73. The Morgan fingerprint density at radius 3 is 2.75 bits per heavy atom. The summed E-state index contributed by atoms with van der Waals surface area (Å²) in [4.78, 5) is 24.6. The first-order valence-corrected chi connectivity index (χ1v) is 10.7. The molecule has 1 fully saturated rings. The molecule has 3 aromatic rings. The first-order chi connectivity index (χ1) is 15.3. The highest BCUT2D eigenvalue weighted by Crippen LogP contribution is 2.44. The smallest absolute Gasteiger partial charge is 0.302 e. The van der Waals surface area contributed by atoms with Crippen molar-refractivity contribution in [2.45, 2.75) is 38.3 Å². The minimum absolute atomic E-state index is 0.0717. The molecule has 3 unspecified atom stereocenters. The van der Waals surface area contributed by atoms with E-state index >= 15 is 0 Å². The third-order valence-electron chi connectivity index (χ3n) is 5.84. The van der Waals surface area contributed by atoms with Crippen molar-refractivity contribution in [3.8, 4) is 22.8 Å². The van der Waals surface area contributed by atoms with Crippen molar-refractivity contribution in [3.63, 3.8) is 0 Å². The number of carbonyl (C=O) groups excluding carboxylic acids is 1. The lowest BCUT2D eigenvalue weighted by molar-refractivity contribution is -0.146. The van der Waals surface area contributed by atoms with Gasteiger partial charge in [0.05, 0.1) is 18.2 Å². The monoisotopic (exact) mass is 457 g/mol. The molecule has 1 aliphatic heterocycles. The van der Waals surface area contributed by atoms with Gasteiger partial charge >= 0.3 is 5.97 Å². The van der Waals surface area contributed by atoms with E-state index in [0.717, 1.165) is 0 Å². The number of benzene rings is 2. The van der Waals surface area contributed by atoms with Crippen LogP contribution in [-0.4, -0.2) is 36.9 Å². The summed E-state index contributed by atoms with van der Waals surface area (Å²) in [5, 5.41) is 14.5. The number of nitrogens with one attached hydrogen (secondary N) is 1. The number of rotatable bonds is 5. The molecule has 4 rings (SSSR count). The number of esters is 1. The molecule has 2 heterocycles. The summed E-state index contributed by atoms with van der Waals surface area (Å²) < 4.78 is 17.2. The lowest BCUT2D eigenvalue weighted by Gasteiger charge is -2.27. The van der Waals surface area contributed by atoms with Crippen LogP contribution in [0, 0.1) is 0 Å². The number of phenols is 1. The van der Waals surface area contributed by atoms with Crippen LogP contribution < -0.4 is 15.5 Å². The molecule has 0 amide bonds. The molecule has 2 aromatic carbocycles. The first-order valence-electron chi connectivity index (χ1n) is 10.3. The second-order valence-electron chi connectivity index (χ2n) is 7.86. The molecule has 0 radical (unpaired) electrons. The Morgan fingerprint density at radius 2 is 2.06 bits per heavy atom. The topological polar surface area (TPSA) is 98.0 Å². The van der Waals surface area contributed by atoms with Gasteiger partial charge in [-0.25, -0.2) is 0 Å². The normalized spacial score (nSPS) is 19.1. The predicted molar refractivity (Wildman–Crippen MR) is 122 cm³/mol. The lowest BCUT2D eigenvalue weighted by atomic mass is 9.87. The Morgan fingerprint density at radius 1 is 1.31 bits per heavy atom. The third kappa shape index (κ3) is 3.94. The van der Waals surface area contributed by atoms with Crippen LogP contribution in [0.3, 0.4) is 0 Å². The van der Waals surface area contributed by atoms with Crippen molar-refractivity contribution in [2.75, 3.05) is 13.7 Å². The Kier molecular flexibility index (Phi) is 6.13. The van der Waals surface area contributed by atoms with Crippen molar-refractivity contribution in [1.29, 1.82) is 0 Å². The van der Waals surface area contributed by atoms with E-state index in [4.69, 9.17) is 25.5 Å². The molecule has 1 aromatic heterocycles. The molecule has 2 N–H and O–H groups in total. The van der Waals surface area contributed by atoms with Gasteiger partial charge in [0.25, 0.3) is 0 Å². The van der Waals surface area contributed by atoms with Gasteiger partial charge in [-0.1, -0.05) is 23.7 Å². The average Bonchev–Trinajstić information content (AvgIpc) is 3.22. The Hall–Kier alpha value is -3.03. The minimum atomic E-state index is -0.424. The number of phenolic OH excluding ortho intramolecular Hbond substituents is 1. The fourth-order valence-electron chi connectivity index (χ4n) is 4.50. The van der Waals surface area contributed by atoms with Gasteiger partial charge in [-0.05, 0) is 32.0 Å². The quantitative estimate of drug-likeness (QED) is 0.553. The van der Waals surface area contributed by atoms with Gasteiger partial charge in [-0.2, -0.15) is 0 Å². The summed E-state index contributed by atoms with van der Waals surface area (Å²) in [6.07, 6.45) is 0.277. The van der Waals surface area contributed by atoms with Gasteiger partial charge in [0.1, 0.15) is 34.3 Å². The highest BCUT2D eigenvalue weighted by Gasteiger charge is 2.38. The summed E-state index contributed by atoms with van der Waals surface area (Å²) in [6.45, 7) is 3.87. The summed E-state index contributed by atoms with van der Waals surface area (Å²) in [7, 11) is 1.49. The Labute approximate surface area is 189 Å². The molecular formula is C24H24ClNO6. The predicted octanol–water partition coefficient (Wildman–Crippen LogP) is 4.22. The zero-order valence-corrected chi connectivity index (χ0v) is 18.7. The van der Waals surface area contributed by atoms with Gasteiger partial charge in [0, 0.05) is 36.1 Å². The number of aromatic hydroxyl groups is 1. The molecule has 8 heteroatoms. The molecule has 0 aliphatic carbocycles. The maximum Gasteiger partial charge on any atom is 0.302 e. The van der Waals surface area contributed by atoms with Crippen LogP contribution in [-0.2, 0) is 9.53 Å². The Balaban J connectivity index is 1.97. The highest BCUT2D eigenvalue weighted by atomic mass is 35.5. The van der Waals surface area contributed by atoms with E-state index in [1.807, 2.05) is 6.92 Å². The van der Waals surface area contributed by atoms with E-state index in [1.165, 1.54) is 26.2 Å². The van der Waals surface area contributed by atoms with Gasteiger partial charge in [0.15, 0.2) is 5.43 Å². The van der Waals surface area contributed by atoms with Gasteiger partial charge in [0.2, 0.25) is 0 Å². The van der Waals surface area contributed by atoms with Crippen LogP contribution in [0.4, 0.5) is 0 Å². The number of hydrogen-bond donors (Lipinski definition) is 2. The molecule has 3 atom stereocenters. The maximum absolute atomic E-state index is 13.0. The van der Waals surface area contributed by atoms with Crippen molar-refractivity contribution < 1.29 is 23.8 Å². The summed E-state index contributed by atoms with van der Waals surface area (Å²) in [5.74, 6) is -0.108. The van der Waals surface area contributed by atoms with Crippen molar-refractivity contribution >= 4 is 28.5 Å². The highest BCUT2D eigenvalue weighted by molar-refractivity contribution is 6.33. The summed E-state index contributed by atoms with van der Waals surface area (Å²) >= 11 is 6.34. The van der Waals surface area contributed by atoms with Crippen LogP contribution in [0.5, 0.6) is 11.5 Å². The molecule has 0 saturated carbocycles. The third-order valence-corrected chi connectivity index (χ3v) is 6.17. The number of carbonyl (C=O) groups is 1. The average molecular weight is 458 g/mol. The summed E-state index contributed by atoms with van der Waals surface area (Å²) in [5.41, 5.74) is 1.05. The zero-order chi connectivity index (χ0) is 23.0. The maximum atomic E-state index is 13.0. The number of fused-ring (bicyclic) bond motifs is 1. The number of halogens is 1. The molecule has 7 nitrogen and oxygen atoms in total. The van der Waals surface area contributed by atoms with Crippen LogP contribution in [0.15, 0.2) is 45.6 Å². The van der Waals surface area contributed by atoms with E-state index in [2.05, 4.69) is 5.32 Å². The SMILES string of the molecule is COc1cc(O)c2c(=O)cc(-c3ccccc3Cl)oc2c1C1CCNC1C(C)OC(C)=O. The van der Waals surface area contributed by atoms with Crippen LogP contribution in [0.25, 0.3) is 22.3 Å². The number of methoxy groups -OCH3 is 1. The lowest BCUT2D eigenvalue weighted by Crippen LogP contribution is -2.39. The largest absolute Gasteiger partial charge is 0.507 e. The van der Waals surface area contributed by atoms with Crippen molar-refractivity contribution in [1.82, 2.24) is 5.32 Å². The van der Waals surface area contributed by atoms with Crippen LogP contribution in [0.2, 0.25) is 5.02 Å². The van der Waals surface area contributed by atoms with Crippen LogP contribution in [0.1, 0.15) is 31.7 Å². The van der Waals surface area contributed by atoms with Crippen molar-refractivity contribution in [2.24, 2.45) is 0 Å². The standard InChI is InChI=1S/C24H24ClNO6/c1-12(31-13(2)27)23-15(8-9-26-23)21-20(30-3)11-18(29)22-17(28)10-19(32-24(21)22)14-6-4-5-7-16(14)25/h4-7,10-12,15,23,26,29H,8-9H2,1-3H3. The van der Waals surface area contributed by atoms with E-state index in [0.29, 0.717) is 34.9 Å². The molecule has 168 valence electrons. The Bertz CT molecular complexity index is 1240. The van der Waals surface area contributed by atoms with Gasteiger partial charge in [-0.15, -0.1) is 0 Å². The zero-order valence-electron chi connectivity index (χ0n) is 18.0. The van der Waals surface area contributed by atoms with Gasteiger partial charge in [-0.3, -0.25) is 9.59 Å². The number of ether oxygens (including phenoxy) is 2. The van der Waals surface area contributed by atoms with E-state index < -0.39 is 11.5 Å². The second kappa shape index (κ2) is 8.84. The molecular weight excluding hydrogens is 434 g/mol. The molecule has 1 aliphatic rings. The van der Waals surface area contributed by atoms with E-state index in [9.17, 15) is 14.7 Å². The molecule has 0 spiro atoms. The fraction of sp³-hybridized carbons (Fsp3) is 0.333. The van der Waals surface area contributed by atoms with E-state index in [1.54, 1.807) is 24.3 Å². The van der Waals surface area contributed by atoms with Crippen molar-refractivity contribution in [3.05, 3.63) is 57.2 Å². The second-order valence-corrected chi connectivity index (χ2v) is 8.27. The van der Waals surface area contributed by atoms with Gasteiger partial charge < -0.3 is 24.3 Å². The summed E-state index contributed by atoms with van der Waals surface area (Å²) in [6, 6.07) is 9.58. The molecule has 1 saturated heterocycles. The minimum Gasteiger partial charge on any atom is -0.507 e.